The van der Waals surface area contributed by atoms with Gasteiger partial charge in [0.25, 0.3) is 0 Å². The molecule has 2 N–H and O–H groups in total. The monoisotopic (exact) mass is 239 g/mol. The molecule has 3 aromatic rings. The maximum absolute atomic E-state index is 4.49. The summed E-state index contributed by atoms with van der Waals surface area (Å²) < 4.78 is 0. The van der Waals surface area contributed by atoms with Crippen molar-refractivity contribution in [1.29, 1.82) is 0 Å². The molecule has 0 aliphatic heterocycles. The third-order valence-electron chi connectivity index (χ3n) is 2.82. The van der Waals surface area contributed by atoms with Crippen LogP contribution in [0.2, 0.25) is 0 Å². The van der Waals surface area contributed by atoms with Gasteiger partial charge in [-0.25, -0.2) is 15.0 Å². The summed E-state index contributed by atoms with van der Waals surface area (Å²) in [7, 11) is 0. The second-order valence-electron chi connectivity index (χ2n) is 4.11. The van der Waals surface area contributed by atoms with E-state index in [4.69, 9.17) is 0 Å². The Labute approximate surface area is 104 Å². The van der Waals surface area contributed by atoms with Crippen molar-refractivity contribution in [3.63, 3.8) is 0 Å². The maximum atomic E-state index is 4.49. The van der Waals surface area contributed by atoms with Gasteiger partial charge in [-0.3, -0.25) is 0 Å². The van der Waals surface area contributed by atoms with Crippen LogP contribution in [0.25, 0.3) is 11.0 Å². The lowest BCUT2D eigenvalue weighted by Crippen LogP contribution is -2.09. The molecule has 0 bridgehead atoms. The fourth-order valence-electron chi connectivity index (χ4n) is 1.86. The average molecular weight is 239 g/mol. The van der Waals surface area contributed by atoms with Crippen LogP contribution < -0.4 is 5.32 Å². The number of aromatic nitrogens is 4. The van der Waals surface area contributed by atoms with Crippen LogP contribution in [0.4, 0.5) is 5.82 Å². The first-order valence-electron chi connectivity index (χ1n) is 5.79. The van der Waals surface area contributed by atoms with Gasteiger partial charge in [-0.1, -0.05) is 0 Å². The van der Waals surface area contributed by atoms with Crippen molar-refractivity contribution in [2.75, 3.05) is 5.32 Å². The summed E-state index contributed by atoms with van der Waals surface area (Å²) in [5.74, 6) is 0.830. The van der Waals surface area contributed by atoms with Crippen LogP contribution in [0.15, 0.2) is 43.0 Å². The minimum absolute atomic E-state index is 0.0907. The van der Waals surface area contributed by atoms with Gasteiger partial charge in [-0.15, -0.1) is 0 Å². The molecular formula is C13H13N5. The molecule has 18 heavy (non-hydrogen) atoms. The van der Waals surface area contributed by atoms with Crippen LogP contribution in [-0.4, -0.2) is 19.9 Å². The highest BCUT2D eigenvalue weighted by atomic mass is 15.0. The Balaban J connectivity index is 1.83. The molecule has 0 amide bonds. The molecule has 0 fully saturated rings. The van der Waals surface area contributed by atoms with E-state index in [2.05, 4.69) is 25.3 Å². The number of rotatable bonds is 3. The molecule has 0 saturated heterocycles. The highest BCUT2D eigenvalue weighted by Gasteiger charge is 2.07. The zero-order valence-corrected chi connectivity index (χ0v) is 9.96. The van der Waals surface area contributed by atoms with E-state index in [1.807, 2.05) is 37.4 Å². The highest BCUT2D eigenvalue weighted by molar-refractivity contribution is 5.77. The van der Waals surface area contributed by atoms with Crippen molar-refractivity contribution in [2.45, 2.75) is 13.0 Å². The van der Waals surface area contributed by atoms with E-state index >= 15 is 0 Å². The lowest BCUT2D eigenvalue weighted by Gasteiger charge is -2.13. The minimum Gasteiger partial charge on any atom is -0.362 e. The minimum atomic E-state index is 0.0907. The van der Waals surface area contributed by atoms with Gasteiger partial charge < -0.3 is 10.3 Å². The molecule has 0 aliphatic rings. The second-order valence-corrected chi connectivity index (χ2v) is 4.11. The average Bonchev–Trinajstić information content (AvgIpc) is 2.87. The van der Waals surface area contributed by atoms with E-state index in [-0.39, 0.29) is 6.04 Å². The molecule has 5 nitrogen and oxygen atoms in total. The molecule has 3 aromatic heterocycles. The quantitative estimate of drug-likeness (QED) is 0.737. The molecule has 90 valence electrons. The van der Waals surface area contributed by atoms with Crippen LogP contribution >= 0.6 is 0 Å². The van der Waals surface area contributed by atoms with Crippen molar-refractivity contribution in [3.05, 3.63) is 48.7 Å². The number of H-pyrrole nitrogens is 1. The number of hydrogen-bond donors (Lipinski definition) is 2. The first-order chi connectivity index (χ1) is 8.83. The molecule has 0 spiro atoms. The largest absolute Gasteiger partial charge is 0.362 e. The van der Waals surface area contributed by atoms with E-state index < -0.39 is 0 Å². The van der Waals surface area contributed by atoms with Crippen LogP contribution in [-0.2, 0) is 0 Å². The standard InChI is InChI=1S/C13H13N5/c1-9(11-5-6-14-8-16-11)17-12-3-2-10-4-7-15-13(10)18-12/h2-9H,1H3,(H2,15,17,18)/t9-/m0/s1. The molecule has 0 radical (unpaired) electrons. The van der Waals surface area contributed by atoms with E-state index in [9.17, 15) is 0 Å². The molecule has 3 heterocycles. The number of nitrogens with zero attached hydrogens (tertiary/aromatic N) is 3. The van der Waals surface area contributed by atoms with Gasteiger partial charge in [0.1, 0.15) is 17.8 Å². The van der Waals surface area contributed by atoms with Crippen molar-refractivity contribution in [1.82, 2.24) is 19.9 Å². The van der Waals surface area contributed by atoms with Crippen molar-refractivity contribution in [3.8, 4) is 0 Å². The fraction of sp³-hybridized carbons (Fsp3) is 0.154. The molecule has 5 heteroatoms. The Morgan fingerprint density at radius 2 is 2.17 bits per heavy atom. The van der Waals surface area contributed by atoms with Crippen LogP contribution in [0.3, 0.4) is 0 Å². The third kappa shape index (κ3) is 2.02. The Bertz CT molecular complexity index is 647. The van der Waals surface area contributed by atoms with E-state index in [0.29, 0.717) is 0 Å². The lowest BCUT2D eigenvalue weighted by atomic mass is 10.2. The predicted molar refractivity (Wildman–Crippen MR) is 70.2 cm³/mol. The van der Waals surface area contributed by atoms with Gasteiger partial charge in [-0.05, 0) is 31.2 Å². The third-order valence-corrected chi connectivity index (χ3v) is 2.82. The smallest absolute Gasteiger partial charge is 0.139 e. The van der Waals surface area contributed by atoms with Gasteiger partial charge in [0.15, 0.2) is 0 Å². The van der Waals surface area contributed by atoms with Gasteiger partial charge >= 0.3 is 0 Å². The number of aromatic amines is 1. The van der Waals surface area contributed by atoms with E-state index in [0.717, 1.165) is 22.5 Å². The molecule has 0 aliphatic carbocycles. The lowest BCUT2D eigenvalue weighted by molar-refractivity contribution is 0.824. The molecule has 3 rings (SSSR count). The van der Waals surface area contributed by atoms with Crippen molar-refractivity contribution in [2.24, 2.45) is 0 Å². The summed E-state index contributed by atoms with van der Waals surface area (Å²) in [6.07, 6.45) is 5.17. The SMILES string of the molecule is C[C@H](Nc1ccc2cc[nH]c2n1)c1ccncn1. The molecule has 0 saturated carbocycles. The van der Waals surface area contributed by atoms with Crippen LogP contribution in [0.5, 0.6) is 0 Å². The van der Waals surface area contributed by atoms with Gasteiger partial charge in [0.2, 0.25) is 0 Å². The summed E-state index contributed by atoms with van der Waals surface area (Å²) in [4.78, 5) is 15.7. The first kappa shape index (κ1) is 10.7. The number of hydrogen-bond acceptors (Lipinski definition) is 4. The number of fused-ring (bicyclic) bond motifs is 1. The Morgan fingerprint density at radius 3 is 3.00 bits per heavy atom. The summed E-state index contributed by atoms with van der Waals surface area (Å²) >= 11 is 0. The van der Waals surface area contributed by atoms with Gasteiger partial charge in [0.05, 0.1) is 11.7 Å². The normalized spacial score (nSPS) is 12.5. The second kappa shape index (κ2) is 4.44. The zero-order valence-electron chi connectivity index (χ0n) is 9.96. The number of pyridine rings is 1. The zero-order chi connectivity index (χ0) is 12.4. The number of nitrogens with one attached hydrogen (secondary N) is 2. The molecule has 1 atom stereocenters. The van der Waals surface area contributed by atoms with Crippen molar-refractivity contribution >= 4 is 16.9 Å². The summed E-state index contributed by atoms with van der Waals surface area (Å²) in [6, 6.07) is 7.99. The Hall–Kier alpha value is -2.43. The van der Waals surface area contributed by atoms with Gasteiger partial charge in [-0.2, -0.15) is 0 Å². The summed E-state index contributed by atoms with van der Waals surface area (Å²) in [5, 5.41) is 4.43. The Kier molecular flexibility index (Phi) is 2.64. The predicted octanol–water partition coefficient (Wildman–Crippen LogP) is 2.53. The van der Waals surface area contributed by atoms with Gasteiger partial charge in [0, 0.05) is 17.8 Å². The first-order valence-corrected chi connectivity index (χ1v) is 5.79. The molecule has 0 aromatic carbocycles. The van der Waals surface area contributed by atoms with E-state index in [1.54, 1.807) is 12.5 Å². The van der Waals surface area contributed by atoms with Crippen LogP contribution in [0, 0.1) is 0 Å². The number of anilines is 1. The molecule has 0 unspecified atom stereocenters. The van der Waals surface area contributed by atoms with Crippen molar-refractivity contribution < 1.29 is 0 Å². The maximum Gasteiger partial charge on any atom is 0.139 e. The topological polar surface area (TPSA) is 66.5 Å². The van der Waals surface area contributed by atoms with E-state index in [1.165, 1.54) is 0 Å². The Morgan fingerprint density at radius 1 is 1.22 bits per heavy atom. The summed E-state index contributed by atoms with van der Waals surface area (Å²) in [6.45, 7) is 2.04. The highest BCUT2D eigenvalue weighted by Crippen LogP contribution is 2.18. The molecular weight excluding hydrogens is 226 g/mol. The van der Waals surface area contributed by atoms with Crippen LogP contribution in [0.1, 0.15) is 18.7 Å². The fourth-order valence-corrected chi connectivity index (χ4v) is 1.86. The summed E-state index contributed by atoms with van der Waals surface area (Å²) in [5.41, 5.74) is 1.83.